The molecule has 2 unspecified atom stereocenters. The molecule has 0 saturated heterocycles. The first-order valence-corrected chi connectivity index (χ1v) is 24.3. The fraction of sp³-hybridized carbons (Fsp3) is 0.745. The van der Waals surface area contributed by atoms with Crippen LogP contribution in [0.2, 0.25) is 0 Å². The molecule has 0 aromatic rings. The lowest BCUT2D eigenvalue weighted by Crippen LogP contribution is -2.27. The van der Waals surface area contributed by atoms with E-state index in [1.54, 1.807) is 0 Å². The molecule has 10 heteroatoms. The van der Waals surface area contributed by atoms with Gasteiger partial charge in [-0.15, -0.1) is 0 Å². The van der Waals surface area contributed by atoms with Crippen molar-refractivity contribution in [3.05, 3.63) is 60.8 Å². The van der Waals surface area contributed by atoms with E-state index < -0.39 is 26.5 Å². The second-order valence-corrected chi connectivity index (χ2v) is 16.4. The number of aliphatic hydroxyl groups excluding tert-OH is 1. The Kier molecular flexibility index (Phi) is 41.6. The lowest BCUT2D eigenvalue weighted by atomic mass is 10.1. The van der Waals surface area contributed by atoms with Gasteiger partial charge in [-0.3, -0.25) is 18.6 Å². The number of phosphoric ester groups is 1. The van der Waals surface area contributed by atoms with E-state index in [1.807, 2.05) is 0 Å². The minimum atomic E-state index is -4.42. The van der Waals surface area contributed by atoms with Crippen LogP contribution in [-0.4, -0.2) is 54.3 Å². The lowest BCUT2D eigenvalue weighted by Gasteiger charge is -2.15. The molecule has 330 valence electrons. The van der Waals surface area contributed by atoms with E-state index in [-0.39, 0.29) is 32.1 Å². The van der Waals surface area contributed by atoms with Gasteiger partial charge in [0.1, 0.15) is 12.7 Å². The van der Waals surface area contributed by atoms with Crippen LogP contribution in [0.3, 0.4) is 0 Å². The van der Waals surface area contributed by atoms with Crippen molar-refractivity contribution in [2.75, 3.05) is 26.4 Å². The van der Waals surface area contributed by atoms with Gasteiger partial charge in [0.25, 0.3) is 0 Å². The van der Waals surface area contributed by atoms with E-state index in [2.05, 4.69) is 79.9 Å². The van der Waals surface area contributed by atoms with Crippen LogP contribution in [-0.2, 0) is 27.9 Å². The number of ether oxygens (including phenoxy) is 1. The lowest BCUT2D eigenvalue weighted by molar-refractivity contribution is -0.147. The quantitative estimate of drug-likeness (QED) is 0.0240. The minimum Gasteiger partial charge on any atom is -0.463 e. The summed E-state index contributed by atoms with van der Waals surface area (Å²) in [6, 6.07) is 0. The maximum atomic E-state index is 12.1. The Balaban J connectivity index is 3.61. The summed E-state index contributed by atoms with van der Waals surface area (Å²) in [4.78, 5) is 34.0. The van der Waals surface area contributed by atoms with Crippen LogP contribution < -0.4 is 5.32 Å². The first kappa shape index (κ1) is 54.7. The molecule has 0 saturated carbocycles. The van der Waals surface area contributed by atoms with Crippen LogP contribution in [0.4, 0.5) is 0 Å². The zero-order chi connectivity index (χ0) is 41.8. The highest BCUT2D eigenvalue weighted by molar-refractivity contribution is 7.47. The summed E-state index contributed by atoms with van der Waals surface area (Å²) in [7, 11) is -4.42. The third kappa shape index (κ3) is 44.7. The second-order valence-electron chi connectivity index (χ2n) is 15.0. The van der Waals surface area contributed by atoms with E-state index in [4.69, 9.17) is 13.8 Å². The predicted octanol–water partition coefficient (Wildman–Crippen LogP) is 12.9. The third-order valence-electron chi connectivity index (χ3n) is 9.43. The maximum absolute atomic E-state index is 12.1. The number of esters is 1. The molecule has 0 fully saturated rings. The van der Waals surface area contributed by atoms with Crippen molar-refractivity contribution >= 4 is 19.7 Å². The van der Waals surface area contributed by atoms with E-state index in [9.17, 15) is 24.2 Å². The molecule has 2 atom stereocenters. The largest absolute Gasteiger partial charge is 0.472 e. The molecular weight excluding hydrogens is 737 g/mol. The van der Waals surface area contributed by atoms with Crippen LogP contribution in [0.1, 0.15) is 194 Å². The van der Waals surface area contributed by atoms with Crippen molar-refractivity contribution in [1.29, 1.82) is 0 Å². The zero-order valence-electron chi connectivity index (χ0n) is 36.3. The summed E-state index contributed by atoms with van der Waals surface area (Å²) in [5.41, 5.74) is 0. The Morgan fingerprint density at radius 2 is 1.00 bits per heavy atom. The van der Waals surface area contributed by atoms with Gasteiger partial charge in [-0.25, -0.2) is 4.57 Å². The molecule has 0 aromatic heterocycles. The number of hydrogen-bond donors (Lipinski definition) is 3. The number of amides is 1. The number of nitrogens with one attached hydrogen (secondary N) is 1. The summed E-state index contributed by atoms with van der Waals surface area (Å²) in [5, 5.41) is 12.7. The van der Waals surface area contributed by atoms with Crippen molar-refractivity contribution in [2.45, 2.75) is 200 Å². The summed E-state index contributed by atoms with van der Waals surface area (Å²) < 4.78 is 26.9. The normalized spacial score (nSPS) is 13.8. The minimum absolute atomic E-state index is 0.0733. The van der Waals surface area contributed by atoms with Crippen molar-refractivity contribution in [1.82, 2.24) is 5.32 Å². The third-order valence-corrected chi connectivity index (χ3v) is 10.4. The van der Waals surface area contributed by atoms with Gasteiger partial charge in [-0.2, -0.15) is 0 Å². The van der Waals surface area contributed by atoms with Crippen molar-refractivity contribution in [2.24, 2.45) is 0 Å². The van der Waals surface area contributed by atoms with Gasteiger partial charge in [-0.1, -0.05) is 164 Å². The van der Waals surface area contributed by atoms with Crippen molar-refractivity contribution < 1.29 is 37.9 Å². The molecule has 0 aliphatic heterocycles. The summed E-state index contributed by atoms with van der Waals surface area (Å²) >= 11 is 0. The molecule has 57 heavy (non-hydrogen) atoms. The topological polar surface area (TPSA) is 131 Å². The van der Waals surface area contributed by atoms with E-state index in [0.29, 0.717) is 6.42 Å². The zero-order valence-corrected chi connectivity index (χ0v) is 37.2. The monoisotopic (exact) mass is 822 g/mol. The van der Waals surface area contributed by atoms with E-state index in [1.165, 1.54) is 96.3 Å². The van der Waals surface area contributed by atoms with Crippen LogP contribution in [0, 0.1) is 0 Å². The SMILES string of the molecule is CC/C=C\C/C=C\C/C=C\CCCCCCCCCC(=O)NCCOP(=O)(O)OCC(O)COC(=O)CCCCCCCCCCC/C=C\C/C=C\CCCCC. The van der Waals surface area contributed by atoms with Crippen molar-refractivity contribution in [3.63, 3.8) is 0 Å². The number of hydrogen-bond acceptors (Lipinski definition) is 7. The Bertz CT molecular complexity index is 1120. The molecule has 9 nitrogen and oxygen atoms in total. The average Bonchev–Trinajstić information content (AvgIpc) is 3.20. The van der Waals surface area contributed by atoms with Crippen LogP contribution >= 0.6 is 7.82 Å². The van der Waals surface area contributed by atoms with Gasteiger partial charge >= 0.3 is 13.8 Å². The van der Waals surface area contributed by atoms with Crippen LogP contribution in [0.25, 0.3) is 0 Å². The molecule has 1 amide bonds. The molecule has 0 radical (unpaired) electrons. The van der Waals surface area contributed by atoms with Crippen LogP contribution in [0.5, 0.6) is 0 Å². The second kappa shape index (κ2) is 43.3. The van der Waals surface area contributed by atoms with Crippen molar-refractivity contribution in [3.8, 4) is 0 Å². The molecule has 0 aliphatic carbocycles. The number of allylic oxidation sites excluding steroid dienone is 10. The molecule has 3 N–H and O–H groups in total. The molecule has 0 bridgehead atoms. The Morgan fingerprint density at radius 3 is 1.51 bits per heavy atom. The highest BCUT2D eigenvalue weighted by Crippen LogP contribution is 2.42. The maximum Gasteiger partial charge on any atom is 0.472 e. The van der Waals surface area contributed by atoms with Gasteiger partial charge in [0.2, 0.25) is 5.91 Å². The Morgan fingerprint density at radius 1 is 0.561 bits per heavy atom. The fourth-order valence-electron chi connectivity index (χ4n) is 6.01. The van der Waals surface area contributed by atoms with E-state index >= 15 is 0 Å². The Labute approximate surface area is 348 Å². The average molecular weight is 822 g/mol. The summed E-state index contributed by atoms with van der Waals surface area (Å²) in [5.74, 6) is -0.532. The van der Waals surface area contributed by atoms with Gasteiger partial charge in [0.15, 0.2) is 0 Å². The number of aliphatic hydroxyl groups is 1. The van der Waals surface area contributed by atoms with Gasteiger partial charge in [-0.05, 0) is 77.0 Å². The molecule has 0 rings (SSSR count). The summed E-state index contributed by atoms with van der Waals surface area (Å²) in [6.45, 7) is 3.40. The first-order valence-electron chi connectivity index (χ1n) is 22.8. The highest BCUT2D eigenvalue weighted by Gasteiger charge is 2.23. The number of rotatable bonds is 42. The number of phosphoric acid groups is 1. The molecule has 0 heterocycles. The van der Waals surface area contributed by atoms with Gasteiger partial charge in [0, 0.05) is 19.4 Å². The molecular formula is C47H84NO8P. The predicted molar refractivity (Wildman–Crippen MR) is 238 cm³/mol. The number of unbranched alkanes of at least 4 members (excludes halogenated alkanes) is 19. The van der Waals surface area contributed by atoms with E-state index in [0.717, 1.165) is 70.6 Å². The van der Waals surface area contributed by atoms with Gasteiger partial charge < -0.3 is 20.1 Å². The number of carbonyl (C=O) groups is 2. The number of carbonyl (C=O) groups excluding carboxylic acids is 2. The smallest absolute Gasteiger partial charge is 0.463 e. The first-order chi connectivity index (χ1) is 27.8. The fourth-order valence-corrected chi connectivity index (χ4v) is 6.77. The molecule has 0 aromatic carbocycles. The molecule has 0 aliphatic rings. The Hall–Kier alpha value is -2.29. The van der Waals surface area contributed by atoms with Crippen LogP contribution in [0.15, 0.2) is 60.8 Å². The van der Waals surface area contributed by atoms with Gasteiger partial charge in [0.05, 0.1) is 13.2 Å². The summed E-state index contributed by atoms with van der Waals surface area (Å²) in [6.07, 6.45) is 51.5. The molecule has 0 spiro atoms. The standard InChI is InChI=1S/C47H84NO8P/c1-3-5-7-9-11-13-15-17-19-21-22-24-26-28-30-32-34-36-38-40-47(51)54-43-45(49)44-56-57(52,53)55-42-41-48-46(50)39-37-35-33-31-29-27-25-23-20-18-16-14-12-10-8-6-4-2/h6,8,11-14,17-20,45,49H,3-5,7,9-10,15-16,21-44H2,1-2H3,(H,48,50)(H,52,53)/b8-6-,13-11-,14-12-,19-17-,20-18-. The highest BCUT2D eigenvalue weighted by atomic mass is 31.2.